The molecule has 1 N–H and O–H groups in total. The molecule has 8 heteroatoms. The maximum Gasteiger partial charge on any atom is 0.306 e. The van der Waals surface area contributed by atoms with Crippen LogP contribution < -0.4 is 0 Å². The van der Waals surface area contributed by atoms with Gasteiger partial charge in [0.1, 0.15) is 0 Å². The number of hydrogen-bond donors (Lipinski definition) is 1. The van der Waals surface area contributed by atoms with Gasteiger partial charge in [-0.25, -0.2) is 0 Å². The maximum absolute atomic E-state index is 11.6. The van der Waals surface area contributed by atoms with Crippen LogP contribution in [-0.4, -0.2) is 53.7 Å². The third kappa shape index (κ3) is 4.67. The van der Waals surface area contributed by atoms with E-state index in [4.69, 9.17) is 18.9 Å². The molecule has 1 aliphatic heterocycles. The fourth-order valence-corrected chi connectivity index (χ4v) is 2.08. The molecular weight excluding hydrogens is 296 g/mol. The Morgan fingerprint density at radius 1 is 0.955 bits per heavy atom. The molecule has 126 valence electrons. The molecule has 0 spiro atoms. The summed E-state index contributed by atoms with van der Waals surface area (Å²) in [7, 11) is 0. The van der Waals surface area contributed by atoms with Gasteiger partial charge < -0.3 is 24.1 Å². The van der Waals surface area contributed by atoms with Gasteiger partial charge in [-0.3, -0.25) is 14.4 Å². The third-order valence-electron chi connectivity index (χ3n) is 3.16. The average Bonchev–Trinajstić information content (AvgIpc) is 2.46. The van der Waals surface area contributed by atoms with Crippen LogP contribution in [0.4, 0.5) is 0 Å². The van der Waals surface area contributed by atoms with E-state index in [1.165, 1.54) is 0 Å². The summed E-state index contributed by atoms with van der Waals surface area (Å²) in [6, 6.07) is 0. The molecule has 0 aromatic heterocycles. The van der Waals surface area contributed by atoms with Gasteiger partial charge >= 0.3 is 17.9 Å². The largest absolute Gasteiger partial charge is 0.455 e. The summed E-state index contributed by atoms with van der Waals surface area (Å²) < 4.78 is 20.6. The van der Waals surface area contributed by atoms with Gasteiger partial charge in [0.05, 0.1) is 6.10 Å². The zero-order chi connectivity index (χ0) is 16.9. The molecule has 1 saturated heterocycles. The number of aliphatic hydroxyl groups is 1. The zero-order valence-electron chi connectivity index (χ0n) is 13.1. The van der Waals surface area contributed by atoms with Gasteiger partial charge in [-0.2, -0.15) is 0 Å². The minimum atomic E-state index is -1.48. The highest BCUT2D eigenvalue weighted by Gasteiger charge is 2.50. The van der Waals surface area contributed by atoms with Crippen molar-refractivity contribution in [2.75, 3.05) is 0 Å². The first-order chi connectivity index (χ1) is 10.3. The summed E-state index contributed by atoms with van der Waals surface area (Å²) >= 11 is 0. The highest BCUT2D eigenvalue weighted by atomic mass is 16.7. The number of ether oxygens (including phenoxy) is 4. The molecule has 8 nitrogen and oxygen atoms in total. The molecule has 22 heavy (non-hydrogen) atoms. The summed E-state index contributed by atoms with van der Waals surface area (Å²) in [4.78, 5) is 34.3. The standard InChI is InChI=1S/C14H22O8/c1-5-9(16)21-11-7(3)19-14(18)13(20-8(4)15)12(11)22-10(17)6-2/h7,11-14,18H,5-6H2,1-4H3/t7-,11-,12+,13+,14+/m0/s1. The molecule has 0 saturated carbocycles. The van der Waals surface area contributed by atoms with Crippen LogP contribution in [0, 0.1) is 0 Å². The molecule has 0 aromatic rings. The van der Waals surface area contributed by atoms with Crippen LogP contribution in [0.1, 0.15) is 40.5 Å². The highest BCUT2D eigenvalue weighted by molar-refractivity contribution is 5.70. The normalized spacial score (nSPS) is 31.2. The quantitative estimate of drug-likeness (QED) is 0.569. The SMILES string of the molecule is CCC(=O)O[C@@H]1[C@@H](OC(=O)CC)[C@H](C)O[C@@H](O)[C@@H]1OC(C)=O. The van der Waals surface area contributed by atoms with Crippen LogP contribution >= 0.6 is 0 Å². The van der Waals surface area contributed by atoms with E-state index in [1.54, 1.807) is 20.8 Å². The van der Waals surface area contributed by atoms with Gasteiger partial charge in [-0.1, -0.05) is 13.8 Å². The lowest BCUT2D eigenvalue weighted by molar-refractivity contribution is -0.288. The monoisotopic (exact) mass is 318 g/mol. The Morgan fingerprint density at radius 2 is 1.45 bits per heavy atom. The van der Waals surface area contributed by atoms with Crippen molar-refractivity contribution < 1.29 is 38.4 Å². The second kappa shape index (κ2) is 8.09. The lowest BCUT2D eigenvalue weighted by Crippen LogP contribution is -2.60. The van der Waals surface area contributed by atoms with E-state index in [-0.39, 0.29) is 12.8 Å². The summed E-state index contributed by atoms with van der Waals surface area (Å²) in [6.07, 6.45) is -5.38. The lowest BCUT2D eigenvalue weighted by Gasteiger charge is -2.41. The number of rotatable bonds is 5. The Kier molecular flexibility index (Phi) is 6.76. The Balaban J connectivity index is 3.03. The first-order valence-corrected chi connectivity index (χ1v) is 7.19. The number of carbonyl (C=O) groups excluding carboxylic acids is 3. The Hall–Kier alpha value is -1.67. The number of hydrogen-bond acceptors (Lipinski definition) is 8. The van der Waals surface area contributed by atoms with Crippen LogP contribution in [0.25, 0.3) is 0 Å². The molecular formula is C14H22O8. The topological polar surface area (TPSA) is 108 Å². The molecule has 0 amide bonds. The molecule has 1 aliphatic rings. The van der Waals surface area contributed by atoms with Crippen LogP contribution in [0.3, 0.4) is 0 Å². The predicted octanol–water partition coefficient (Wildman–Crippen LogP) is 0.299. The van der Waals surface area contributed by atoms with E-state index in [2.05, 4.69) is 0 Å². The smallest absolute Gasteiger partial charge is 0.306 e. The van der Waals surface area contributed by atoms with Crippen molar-refractivity contribution in [3.8, 4) is 0 Å². The van der Waals surface area contributed by atoms with Crippen molar-refractivity contribution in [3.63, 3.8) is 0 Å². The predicted molar refractivity (Wildman–Crippen MR) is 72.4 cm³/mol. The van der Waals surface area contributed by atoms with E-state index >= 15 is 0 Å². The number of carbonyl (C=O) groups is 3. The molecule has 1 rings (SSSR count). The van der Waals surface area contributed by atoms with Crippen LogP contribution in [0.5, 0.6) is 0 Å². The van der Waals surface area contributed by atoms with E-state index in [0.29, 0.717) is 0 Å². The molecule has 5 atom stereocenters. The van der Waals surface area contributed by atoms with E-state index < -0.39 is 48.6 Å². The van der Waals surface area contributed by atoms with Crippen molar-refractivity contribution in [1.82, 2.24) is 0 Å². The number of esters is 3. The van der Waals surface area contributed by atoms with Gasteiger partial charge in [0, 0.05) is 19.8 Å². The second-order valence-corrected chi connectivity index (χ2v) is 4.92. The number of aliphatic hydroxyl groups excluding tert-OH is 1. The second-order valence-electron chi connectivity index (χ2n) is 4.92. The van der Waals surface area contributed by atoms with Crippen LogP contribution in [0.2, 0.25) is 0 Å². The Morgan fingerprint density at radius 3 is 1.91 bits per heavy atom. The summed E-state index contributed by atoms with van der Waals surface area (Å²) in [6.45, 7) is 5.92. The van der Waals surface area contributed by atoms with Crippen molar-refractivity contribution in [1.29, 1.82) is 0 Å². The Bertz CT molecular complexity index is 421. The van der Waals surface area contributed by atoms with Gasteiger partial charge in [0.15, 0.2) is 24.6 Å². The van der Waals surface area contributed by atoms with Crippen LogP contribution in [-0.2, 0) is 33.3 Å². The van der Waals surface area contributed by atoms with E-state index in [1.807, 2.05) is 0 Å². The summed E-state index contributed by atoms with van der Waals surface area (Å²) in [5.74, 6) is -1.77. The minimum Gasteiger partial charge on any atom is -0.455 e. The van der Waals surface area contributed by atoms with Gasteiger partial charge in [-0.05, 0) is 6.92 Å². The van der Waals surface area contributed by atoms with E-state index in [9.17, 15) is 19.5 Å². The Labute approximate surface area is 128 Å². The first-order valence-electron chi connectivity index (χ1n) is 7.19. The molecule has 0 aliphatic carbocycles. The zero-order valence-corrected chi connectivity index (χ0v) is 13.1. The van der Waals surface area contributed by atoms with Crippen molar-refractivity contribution in [3.05, 3.63) is 0 Å². The molecule has 0 aromatic carbocycles. The molecule has 0 radical (unpaired) electrons. The summed E-state index contributed by atoms with van der Waals surface area (Å²) in [5.41, 5.74) is 0. The first kappa shape index (κ1) is 18.4. The van der Waals surface area contributed by atoms with Gasteiger partial charge in [0.25, 0.3) is 0 Å². The van der Waals surface area contributed by atoms with E-state index in [0.717, 1.165) is 6.92 Å². The third-order valence-corrected chi connectivity index (χ3v) is 3.16. The highest BCUT2D eigenvalue weighted by Crippen LogP contribution is 2.27. The fourth-order valence-electron chi connectivity index (χ4n) is 2.08. The fraction of sp³-hybridized carbons (Fsp3) is 0.786. The van der Waals surface area contributed by atoms with Crippen molar-refractivity contribution in [2.24, 2.45) is 0 Å². The molecule has 1 heterocycles. The van der Waals surface area contributed by atoms with Gasteiger partial charge in [0.2, 0.25) is 0 Å². The van der Waals surface area contributed by atoms with Gasteiger partial charge in [-0.15, -0.1) is 0 Å². The summed E-state index contributed by atoms with van der Waals surface area (Å²) in [5, 5.41) is 9.92. The lowest BCUT2D eigenvalue weighted by atomic mass is 9.99. The molecule has 0 bridgehead atoms. The van der Waals surface area contributed by atoms with Crippen molar-refractivity contribution >= 4 is 17.9 Å². The minimum absolute atomic E-state index is 0.0864. The maximum atomic E-state index is 11.6. The average molecular weight is 318 g/mol. The van der Waals surface area contributed by atoms with Crippen molar-refractivity contribution in [2.45, 2.75) is 71.2 Å². The molecule has 0 unspecified atom stereocenters. The van der Waals surface area contributed by atoms with Crippen LogP contribution in [0.15, 0.2) is 0 Å². The molecule has 1 fully saturated rings.